The zero-order valence-corrected chi connectivity index (χ0v) is 21.2. The maximum Gasteiger partial charge on any atom is 0.233 e. The number of aryl methyl sites for hydroxylation is 1. The van der Waals surface area contributed by atoms with E-state index in [1.165, 1.54) is 17.3 Å². The number of thioether (sulfide) groups is 1. The average Bonchev–Trinajstić information content (AvgIpc) is 3.20. The molecule has 0 radical (unpaired) electrons. The Balaban J connectivity index is 1.28. The van der Waals surface area contributed by atoms with E-state index in [-0.39, 0.29) is 5.91 Å². The minimum atomic E-state index is 0.204. The van der Waals surface area contributed by atoms with Gasteiger partial charge in [-0.15, -0.1) is 10.2 Å². The van der Waals surface area contributed by atoms with Gasteiger partial charge in [0.15, 0.2) is 11.0 Å². The summed E-state index contributed by atoms with van der Waals surface area (Å²) >= 11 is 1.50. The molecule has 7 nitrogen and oxygen atoms in total. The lowest BCUT2D eigenvalue weighted by atomic mass is 9.95. The van der Waals surface area contributed by atoms with E-state index in [9.17, 15) is 4.79 Å². The summed E-state index contributed by atoms with van der Waals surface area (Å²) in [6.45, 7) is 14.1. The Bertz CT molecular complexity index is 931. The number of hydrogen-bond donors (Lipinski definition) is 0. The third kappa shape index (κ3) is 5.97. The zero-order valence-electron chi connectivity index (χ0n) is 20.4. The third-order valence-corrected chi connectivity index (χ3v) is 7.67. The molecule has 2 aliphatic heterocycles. The number of amides is 1. The summed E-state index contributed by atoms with van der Waals surface area (Å²) in [4.78, 5) is 17.5. The van der Waals surface area contributed by atoms with Gasteiger partial charge in [0.1, 0.15) is 0 Å². The number of piperidine rings is 1. The maximum absolute atomic E-state index is 12.9. The van der Waals surface area contributed by atoms with E-state index in [1.807, 2.05) is 17.0 Å². The Morgan fingerprint density at radius 2 is 1.82 bits per heavy atom. The number of likely N-dealkylation sites (tertiary alicyclic amines) is 1. The molecule has 0 spiro atoms. The second-order valence-electron chi connectivity index (χ2n) is 9.45. The van der Waals surface area contributed by atoms with Crippen molar-refractivity contribution in [1.29, 1.82) is 0 Å². The smallest absolute Gasteiger partial charge is 0.233 e. The normalized spacial score (nSPS) is 22.6. The van der Waals surface area contributed by atoms with Crippen LogP contribution in [0, 0.1) is 12.8 Å². The fraction of sp³-hybridized carbons (Fsp3) is 0.640. The van der Waals surface area contributed by atoms with Gasteiger partial charge in [0.2, 0.25) is 5.91 Å². The number of ether oxygens (including phenoxy) is 1. The Morgan fingerprint density at radius 3 is 2.48 bits per heavy atom. The summed E-state index contributed by atoms with van der Waals surface area (Å²) in [6.07, 6.45) is 2.78. The minimum absolute atomic E-state index is 0.204. The van der Waals surface area contributed by atoms with Crippen molar-refractivity contribution in [1.82, 2.24) is 24.6 Å². The van der Waals surface area contributed by atoms with E-state index in [0.717, 1.165) is 68.7 Å². The molecule has 0 N–H and O–H groups in total. The molecule has 1 amide bonds. The average molecular weight is 472 g/mol. The zero-order chi connectivity index (χ0) is 23.4. The number of benzene rings is 1. The second kappa shape index (κ2) is 11.0. The molecule has 2 atom stereocenters. The van der Waals surface area contributed by atoms with E-state index in [2.05, 4.69) is 59.5 Å². The van der Waals surface area contributed by atoms with Crippen LogP contribution >= 0.6 is 11.8 Å². The predicted octanol–water partition coefficient (Wildman–Crippen LogP) is 3.71. The van der Waals surface area contributed by atoms with E-state index in [4.69, 9.17) is 4.74 Å². The van der Waals surface area contributed by atoms with Crippen molar-refractivity contribution in [2.24, 2.45) is 5.92 Å². The van der Waals surface area contributed by atoms with Crippen LogP contribution in [-0.4, -0.2) is 81.2 Å². The van der Waals surface area contributed by atoms with Crippen molar-refractivity contribution in [3.05, 3.63) is 29.8 Å². The maximum atomic E-state index is 12.9. The van der Waals surface area contributed by atoms with Gasteiger partial charge in [0.25, 0.3) is 0 Å². The molecule has 1 aromatic heterocycles. The summed E-state index contributed by atoms with van der Waals surface area (Å²) in [7, 11) is 0. The number of carbonyl (C=O) groups is 1. The molecule has 1 aromatic carbocycles. The number of aromatic nitrogens is 3. The Kier molecular flexibility index (Phi) is 8.09. The van der Waals surface area contributed by atoms with Crippen LogP contribution in [0.25, 0.3) is 11.4 Å². The van der Waals surface area contributed by atoms with Crippen molar-refractivity contribution < 1.29 is 9.53 Å². The van der Waals surface area contributed by atoms with Gasteiger partial charge in [0, 0.05) is 44.8 Å². The highest BCUT2D eigenvalue weighted by molar-refractivity contribution is 7.99. The van der Waals surface area contributed by atoms with Crippen LogP contribution in [0.1, 0.15) is 39.2 Å². The predicted molar refractivity (Wildman–Crippen MR) is 132 cm³/mol. The van der Waals surface area contributed by atoms with E-state index < -0.39 is 0 Å². The molecule has 2 unspecified atom stereocenters. The summed E-state index contributed by atoms with van der Waals surface area (Å²) < 4.78 is 7.97. The third-order valence-electron chi connectivity index (χ3n) is 6.72. The van der Waals surface area contributed by atoms with E-state index in [0.29, 0.717) is 23.9 Å². The topological polar surface area (TPSA) is 63.5 Å². The molecule has 8 heteroatoms. The SMILES string of the molecule is CCn1c(SCC(=O)N2CCC(CN3CC(C)OC(C)C3)CC2)nnc1-c1ccccc1C. The molecule has 0 saturated carbocycles. The van der Waals surface area contributed by atoms with Crippen LogP contribution in [0.2, 0.25) is 0 Å². The lowest BCUT2D eigenvalue weighted by molar-refractivity contribution is -0.130. The van der Waals surface area contributed by atoms with Gasteiger partial charge in [-0.3, -0.25) is 9.69 Å². The van der Waals surface area contributed by atoms with Crippen LogP contribution in [-0.2, 0) is 16.1 Å². The molecule has 180 valence electrons. The summed E-state index contributed by atoms with van der Waals surface area (Å²) in [5.41, 5.74) is 2.27. The van der Waals surface area contributed by atoms with E-state index in [1.54, 1.807) is 0 Å². The van der Waals surface area contributed by atoms with Gasteiger partial charge in [-0.2, -0.15) is 0 Å². The molecule has 2 fully saturated rings. The van der Waals surface area contributed by atoms with Crippen molar-refractivity contribution in [2.45, 2.75) is 64.4 Å². The lowest BCUT2D eigenvalue weighted by Crippen LogP contribution is -2.48. The molecular formula is C25H37N5O2S. The fourth-order valence-electron chi connectivity index (χ4n) is 5.08. The summed E-state index contributed by atoms with van der Waals surface area (Å²) in [5.74, 6) is 2.15. The number of carbonyl (C=O) groups excluding carboxylic acids is 1. The van der Waals surface area contributed by atoms with Crippen LogP contribution in [0.5, 0.6) is 0 Å². The van der Waals surface area contributed by atoms with Crippen molar-refractivity contribution in [3.8, 4) is 11.4 Å². The number of hydrogen-bond acceptors (Lipinski definition) is 6. The van der Waals surface area contributed by atoms with Gasteiger partial charge in [-0.25, -0.2) is 0 Å². The molecule has 0 aliphatic carbocycles. The molecule has 33 heavy (non-hydrogen) atoms. The highest BCUT2D eigenvalue weighted by Crippen LogP contribution is 2.27. The van der Waals surface area contributed by atoms with Crippen LogP contribution in [0.4, 0.5) is 0 Å². The Hall–Kier alpha value is -1.90. The fourth-order valence-corrected chi connectivity index (χ4v) is 5.99. The van der Waals surface area contributed by atoms with Gasteiger partial charge in [-0.1, -0.05) is 36.0 Å². The van der Waals surface area contributed by atoms with Crippen LogP contribution in [0.3, 0.4) is 0 Å². The molecule has 2 aromatic rings. The Labute approximate surface area is 201 Å². The molecule has 3 heterocycles. The second-order valence-corrected chi connectivity index (χ2v) is 10.4. The number of morpholine rings is 1. The first-order valence-electron chi connectivity index (χ1n) is 12.2. The van der Waals surface area contributed by atoms with Gasteiger partial charge in [-0.05, 0) is 52.0 Å². The highest BCUT2D eigenvalue weighted by atomic mass is 32.2. The minimum Gasteiger partial charge on any atom is -0.373 e. The van der Waals surface area contributed by atoms with Gasteiger partial charge >= 0.3 is 0 Å². The van der Waals surface area contributed by atoms with Crippen molar-refractivity contribution >= 4 is 17.7 Å². The van der Waals surface area contributed by atoms with Crippen molar-refractivity contribution in [3.63, 3.8) is 0 Å². The van der Waals surface area contributed by atoms with Crippen LogP contribution < -0.4 is 0 Å². The van der Waals surface area contributed by atoms with Gasteiger partial charge in [0.05, 0.1) is 18.0 Å². The summed E-state index contributed by atoms with van der Waals surface area (Å²) in [6, 6.07) is 8.22. The number of rotatable bonds is 7. The molecular weight excluding hydrogens is 434 g/mol. The first-order valence-corrected chi connectivity index (χ1v) is 13.2. The Morgan fingerprint density at radius 1 is 1.12 bits per heavy atom. The van der Waals surface area contributed by atoms with Crippen LogP contribution in [0.15, 0.2) is 29.4 Å². The van der Waals surface area contributed by atoms with E-state index >= 15 is 0 Å². The quantitative estimate of drug-likeness (QED) is 0.574. The standard InChI is InChI=1S/C25H37N5O2S/c1-5-30-24(22-9-7-6-8-18(22)2)26-27-25(30)33-17-23(31)29-12-10-21(11-13-29)16-28-14-19(3)32-20(4)15-28/h6-9,19-21H,5,10-17H2,1-4H3. The highest BCUT2D eigenvalue weighted by Gasteiger charge is 2.28. The first-order chi connectivity index (χ1) is 15.9. The van der Waals surface area contributed by atoms with Crippen molar-refractivity contribution in [2.75, 3.05) is 38.5 Å². The molecule has 2 aliphatic rings. The molecule has 4 rings (SSSR count). The number of nitrogens with zero attached hydrogens (tertiary/aromatic N) is 5. The lowest BCUT2D eigenvalue weighted by Gasteiger charge is -2.39. The molecule has 2 saturated heterocycles. The summed E-state index contributed by atoms with van der Waals surface area (Å²) in [5, 5.41) is 9.65. The monoisotopic (exact) mass is 471 g/mol. The first kappa shape index (κ1) is 24.2. The molecule has 0 bridgehead atoms. The largest absolute Gasteiger partial charge is 0.373 e. The van der Waals surface area contributed by atoms with Gasteiger partial charge < -0.3 is 14.2 Å².